The molecule has 206 valence electrons. The van der Waals surface area contributed by atoms with Crippen molar-refractivity contribution >= 4 is 57.6 Å². The van der Waals surface area contributed by atoms with E-state index in [4.69, 9.17) is 32.7 Å². The number of nitrogens with one attached hydrogen (secondary N) is 1. The molecule has 1 saturated carbocycles. The fourth-order valence-corrected chi connectivity index (χ4v) is 5.98. The van der Waals surface area contributed by atoms with E-state index in [0.717, 1.165) is 34.9 Å². The van der Waals surface area contributed by atoms with Gasteiger partial charge in [-0.15, -0.1) is 11.3 Å². The van der Waals surface area contributed by atoms with Crippen molar-refractivity contribution in [1.29, 1.82) is 0 Å². The lowest BCUT2D eigenvalue weighted by Crippen LogP contribution is -2.12. The van der Waals surface area contributed by atoms with Crippen molar-refractivity contribution in [2.75, 3.05) is 19.0 Å². The first-order valence-corrected chi connectivity index (χ1v) is 14.4. The number of carboxylic acid groups (broad SMARTS) is 1. The second-order valence-electron chi connectivity index (χ2n) is 9.43. The van der Waals surface area contributed by atoms with E-state index in [1.165, 1.54) is 68.8 Å². The van der Waals surface area contributed by atoms with E-state index >= 15 is 0 Å². The Kier molecular flexibility index (Phi) is 9.88. The molecule has 1 aliphatic carbocycles. The molecule has 0 unspecified atom stereocenters. The fourth-order valence-electron chi connectivity index (χ4n) is 4.68. The van der Waals surface area contributed by atoms with E-state index in [1.807, 2.05) is 30.5 Å². The number of aliphatic carboxylic acids is 1. The summed E-state index contributed by atoms with van der Waals surface area (Å²) in [5.41, 5.74) is 3.13. The number of rotatable bonds is 10. The van der Waals surface area contributed by atoms with Gasteiger partial charge in [0.15, 0.2) is 5.13 Å². The first kappa shape index (κ1) is 28.9. The number of halogens is 2. The molecule has 7 nitrogen and oxygen atoms in total. The molecule has 39 heavy (non-hydrogen) atoms. The Morgan fingerprint density at radius 2 is 1.90 bits per heavy atom. The lowest BCUT2D eigenvalue weighted by atomic mass is 9.87. The number of carbonyl (C=O) groups excluding carboxylic acids is 1. The molecule has 0 radical (unpaired) electrons. The molecule has 0 atom stereocenters. The summed E-state index contributed by atoms with van der Waals surface area (Å²) in [6.07, 6.45) is 8.89. The van der Waals surface area contributed by atoms with Crippen LogP contribution in [0.15, 0.2) is 41.5 Å². The summed E-state index contributed by atoms with van der Waals surface area (Å²) in [6, 6.07) is 8.75. The quantitative estimate of drug-likeness (QED) is 0.183. The van der Waals surface area contributed by atoms with Gasteiger partial charge in [-0.3, -0.25) is 10.1 Å². The zero-order valence-corrected chi connectivity index (χ0v) is 24.1. The number of benzene rings is 2. The van der Waals surface area contributed by atoms with Gasteiger partial charge in [-0.25, -0.2) is 9.78 Å². The number of thiazole rings is 1. The Bertz CT molecular complexity index is 1360. The van der Waals surface area contributed by atoms with E-state index in [-0.39, 0.29) is 26.9 Å². The maximum absolute atomic E-state index is 12.9. The van der Waals surface area contributed by atoms with Crippen LogP contribution in [0.3, 0.4) is 0 Å². The number of carbonyl (C=O) groups is 2. The van der Waals surface area contributed by atoms with E-state index in [0.29, 0.717) is 11.7 Å². The summed E-state index contributed by atoms with van der Waals surface area (Å²) in [5, 5.41) is 14.5. The summed E-state index contributed by atoms with van der Waals surface area (Å²) in [5.74, 6) is -0.438. The van der Waals surface area contributed by atoms with Crippen molar-refractivity contribution in [2.24, 2.45) is 5.92 Å². The van der Waals surface area contributed by atoms with Crippen LogP contribution in [0.25, 0.3) is 17.3 Å². The van der Waals surface area contributed by atoms with Crippen LogP contribution in [0.2, 0.25) is 10.0 Å². The third-order valence-electron chi connectivity index (χ3n) is 6.84. The third-order valence-corrected chi connectivity index (χ3v) is 8.22. The highest BCUT2D eigenvalue weighted by Crippen LogP contribution is 2.34. The van der Waals surface area contributed by atoms with Crippen molar-refractivity contribution < 1.29 is 24.2 Å². The van der Waals surface area contributed by atoms with Crippen LogP contribution >= 0.6 is 34.5 Å². The van der Waals surface area contributed by atoms with Crippen molar-refractivity contribution in [3.8, 4) is 17.0 Å². The van der Waals surface area contributed by atoms with Crippen molar-refractivity contribution in [1.82, 2.24) is 4.98 Å². The maximum atomic E-state index is 12.9. The molecule has 0 spiro atoms. The smallest absolute Gasteiger partial charge is 0.371 e. The molecule has 2 aromatic carbocycles. The molecule has 4 rings (SSSR count). The lowest BCUT2D eigenvalue weighted by molar-refractivity contribution is -0.135. The van der Waals surface area contributed by atoms with Gasteiger partial charge in [0.05, 0.1) is 29.5 Å². The molecule has 0 bridgehead atoms. The maximum Gasteiger partial charge on any atom is 0.371 e. The van der Waals surface area contributed by atoms with Crippen LogP contribution in [-0.4, -0.2) is 35.7 Å². The van der Waals surface area contributed by atoms with Crippen LogP contribution in [0.1, 0.15) is 60.0 Å². The van der Waals surface area contributed by atoms with Gasteiger partial charge >= 0.3 is 5.97 Å². The first-order valence-electron chi connectivity index (χ1n) is 12.7. The Morgan fingerprint density at radius 3 is 2.56 bits per heavy atom. The van der Waals surface area contributed by atoms with Crippen LogP contribution in [0.5, 0.6) is 5.75 Å². The Labute approximate surface area is 241 Å². The Balaban J connectivity index is 1.44. The van der Waals surface area contributed by atoms with Gasteiger partial charge in [-0.05, 0) is 43.5 Å². The van der Waals surface area contributed by atoms with Gasteiger partial charge in [-0.2, -0.15) is 0 Å². The van der Waals surface area contributed by atoms with Gasteiger partial charge in [0.25, 0.3) is 5.91 Å². The number of anilines is 1. The molecule has 1 amide bonds. The van der Waals surface area contributed by atoms with E-state index < -0.39 is 11.9 Å². The minimum atomic E-state index is -1.27. The van der Waals surface area contributed by atoms with Crippen molar-refractivity contribution in [3.63, 3.8) is 0 Å². The summed E-state index contributed by atoms with van der Waals surface area (Å²) >= 11 is 13.9. The molecule has 3 aromatic rings. The topological polar surface area (TPSA) is 97.8 Å². The van der Waals surface area contributed by atoms with Gasteiger partial charge in [0.1, 0.15) is 5.75 Å². The minimum Gasteiger partial charge on any atom is -0.493 e. The van der Waals surface area contributed by atoms with E-state index in [1.54, 1.807) is 0 Å². The van der Waals surface area contributed by atoms with Gasteiger partial charge in [0.2, 0.25) is 5.76 Å². The zero-order valence-electron chi connectivity index (χ0n) is 21.8. The average Bonchev–Trinajstić information content (AvgIpc) is 3.37. The summed E-state index contributed by atoms with van der Waals surface area (Å²) in [7, 11) is 1.23. The standard InChI is InChI=1S/C29H30Cl2N2O5S/c1-17-20(9-6-10-25(17)38-12-11-18-7-4-3-5-8-18)24-16-39-29(32-24)33-27(34)19-13-22(30)21(23(31)14-19)15-26(37-2)28(35)36/h6,9-10,13-16,18H,3-5,7-8,11-12H2,1-2H3,(H,35,36)(H,32,33,34). The highest BCUT2D eigenvalue weighted by Gasteiger charge is 2.18. The summed E-state index contributed by atoms with van der Waals surface area (Å²) < 4.78 is 11.0. The number of hydrogen-bond acceptors (Lipinski definition) is 6. The molecule has 0 saturated heterocycles. The normalized spacial score (nSPS) is 14.2. The van der Waals surface area contributed by atoms with Gasteiger partial charge in [-0.1, -0.05) is 67.4 Å². The molecule has 1 aliphatic rings. The molecule has 10 heteroatoms. The average molecular weight is 590 g/mol. The van der Waals surface area contributed by atoms with E-state index in [2.05, 4.69) is 10.3 Å². The number of amides is 1. The predicted molar refractivity (Wildman–Crippen MR) is 156 cm³/mol. The van der Waals surface area contributed by atoms with Gasteiger partial charge < -0.3 is 14.6 Å². The molecule has 1 fully saturated rings. The largest absolute Gasteiger partial charge is 0.493 e. The van der Waals surface area contributed by atoms with Gasteiger partial charge in [0, 0.05) is 27.6 Å². The molecule has 1 aromatic heterocycles. The monoisotopic (exact) mass is 588 g/mol. The van der Waals surface area contributed by atoms with Crippen LogP contribution in [0, 0.1) is 12.8 Å². The second-order valence-corrected chi connectivity index (χ2v) is 11.1. The highest BCUT2D eigenvalue weighted by atomic mass is 35.5. The number of nitrogens with zero attached hydrogens (tertiary/aromatic N) is 1. The summed E-state index contributed by atoms with van der Waals surface area (Å²) in [4.78, 5) is 28.8. The van der Waals surface area contributed by atoms with Crippen LogP contribution < -0.4 is 10.1 Å². The Hall–Kier alpha value is -3.07. The number of ether oxygens (including phenoxy) is 2. The zero-order chi connectivity index (χ0) is 27.9. The molecular formula is C29H30Cl2N2O5S. The summed E-state index contributed by atoms with van der Waals surface area (Å²) in [6.45, 7) is 2.72. The highest BCUT2D eigenvalue weighted by molar-refractivity contribution is 7.14. The SMILES string of the molecule is COC(=Cc1c(Cl)cc(C(=O)Nc2nc(-c3cccc(OCCC4CCCCC4)c3C)cs2)cc1Cl)C(=O)O. The molecular weight excluding hydrogens is 559 g/mol. The number of aromatic nitrogens is 1. The van der Waals surface area contributed by atoms with Crippen LogP contribution in [-0.2, 0) is 9.53 Å². The van der Waals surface area contributed by atoms with Crippen LogP contribution in [0.4, 0.5) is 5.13 Å². The minimum absolute atomic E-state index is 0.110. The second kappa shape index (κ2) is 13.3. The fraction of sp³-hybridized carbons (Fsp3) is 0.345. The number of carboxylic acids is 1. The Morgan fingerprint density at radius 1 is 1.18 bits per heavy atom. The lowest BCUT2D eigenvalue weighted by Gasteiger charge is -2.21. The number of methoxy groups -OCH3 is 1. The van der Waals surface area contributed by atoms with Crippen molar-refractivity contribution in [3.05, 3.63) is 68.2 Å². The third kappa shape index (κ3) is 7.32. The first-order chi connectivity index (χ1) is 18.8. The molecule has 0 aliphatic heterocycles. The molecule has 1 heterocycles. The van der Waals surface area contributed by atoms with E-state index in [9.17, 15) is 14.7 Å². The van der Waals surface area contributed by atoms with Crippen molar-refractivity contribution in [2.45, 2.75) is 45.4 Å². The predicted octanol–water partition coefficient (Wildman–Crippen LogP) is 8.10. The number of hydrogen-bond donors (Lipinski definition) is 2. The molecule has 2 N–H and O–H groups in total.